The predicted octanol–water partition coefficient (Wildman–Crippen LogP) is 3.39. The lowest BCUT2D eigenvalue weighted by molar-refractivity contribution is 0.682. The van der Waals surface area contributed by atoms with Gasteiger partial charge in [0.1, 0.15) is 0 Å². The van der Waals surface area contributed by atoms with Crippen molar-refractivity contribution < 1.29 is 0 Å². The summed E-state index contributed by atoms with van der Waals surface area (Å²) < 4.78 is 4.23. The third-order valence-corrected chi connectivity index (χ3v) is 3.45. The monoisotopic (exact) mass is 191 g/mol. The van der Waals surface area contributed by atoms with Crippen LogP contribution >= 0.6 is 11.5 Å². The SMILES string of the molecule is CC1=CC(C)(C)c2sncc2C=C1. The van der Waals surface area contributed by atoms with E-state index in [1.165, 1.54) is 16.0 Å². The molecule has 0 bridgehead atoms. The number of allylic oxidation sites excluding steroid dienone is 3. The molecule has 68 valence electrons. The van der Waals surface area contributed by atoms with Crippen LogP contribution in [0.3, 0.4) is 0 Å². The lowest BCUT2D eigenvalue weighted by Crippen LogP contribution is -2.12. The van der Waals surface area contributed by atoms with Gasteiger partial charge in [-0.15, -0.1) is 0 Å². The number of hydrogen-bond acceptors (Lipinski definition) is 2. The van der Waals surface area contributed by atoms with Crippen molar-refractivity contribution in [2.75, 3.05) is 0 Å². The second-order valence-corrected chi connectivity index (χ2v) is 4.86. The zero-order valence-corrected chi connectivity index (χ0v) is 8.98. The number of aromatic nitrogens is 1. The Kier molecular flexibility index (Phi) is 1.88. The molecule has 0 saturated carbocycles. The van der Waals surface area contributed by atoms with Crippen LogP contribution in [0.15, 0.2) is 23.9 Å². The smallest absolute Gasteiger partial charge is 0.0482 e. The first kappa shape index (κ1) is 8.70. The Labute approximate surface area is 83.0 Å². The Bertz CT molecular complexity index is 383. The molecule has 2 heteroatoms. The molecule has 13 heavy (non-hydrogen) atoms. The summed E-state index contributed by atoms with van der Waals surface area (Å²) in [6, 6.07) is 0. The molecule has 0 amide bonds. The number of fused-ring (bicyclic) bond motifs is 1. The van der Waals surface area contributed by atoms with Gasteiger partial charge in [0.15, 0.2) is 0 Å². The molecule has 1 aliphatic carbocycles. The summed E-state index contributed by atoms with van der Waals surface area (Å²) in [6.45, 7) is 6.61. The molecule has 0 atom stereocenters. The minimum absolute atomic E-state index is 0.129. The minimum atomic E-state index is 0.129. The van der Waals surface area contributed by atoms with Gasteiger partial charge in [0, 0.05) is 22.1 Å². The Balaban J connectivity index is 2.62. The van der Waals surface area contributed by atoms with Crippen molar-refractivity contribution in [2.24, 2.45) is 0 Å². The Hall–Kier alpha value is -0.890. The first-order chi connectivity index (χ1) is 6.09. The van der Waals surface area contributed by atoms with Gasteiger partial charge >= 0.3 is 0 Å². The van der Waals surface area contributed by atoms with Gasteiger partial charge < -0.3 is 0 Å². The number of rotatable bonds is 0. The summed E-state index contributed by atoms with van der Waals surface area (Å²) in [4.78, 5) is 1.36. The molecule has 1 heterocycles. The Morgan fingerprint density at radius 2 is 2.08 bits per heavy atom. The Morgan fingerprint density at radius 1 is 1.31 bits per heavy atom. The summed E-state index contributed by atoms with van der Waals surface area (Å²) in [5.41, 5.74) is 2.72. The summed E-state index contributed by atoms with van der Waals surface area (Å²) in [7, 11) is 0. The van der Waals surface area contributed by atoms with Crippen molar-refractivity contribution in [3.8, 4) is 0 Å². The van der Waals surface area contributed by atoms with Gasteiger partial charge in [0.2, 0.25) is 0 Å². The molecular formula is C11H13NS. The van der Waals surface area contributed by atoms with Crippen LogP contribution in [0.5, 0.6) is 0 Å². The lowest BCUT2D eigenvalue weighted by atomic mass is 9.89. The number of hydrogen-bond donors (Lipinski definition) is 0. The quantitative estimate of drug-likeness (QED) is 0.612. The second kappa shape index (κ2) is 2.81. The molecule has 0 aliphatic heterocycles. The van der Waals surface area contributed by atoms with Gasteiger partial charge in [-0.3, -0.25) is 0 Å². The van der Waals surface area contributed by atoms with Gasteiger partial charge in [0.05, 0.1) is 0 Å². The maximum absolute atomic E-state index is 4.23. The van der Waals surface area contributed by atoms with Crippen LogP contribution < -0.4 is 0 Å². The summed E-state index contributed by atoms with van der Waals surface area (Å²) >= 11 is 1.60. The highest BCUT2D eigenvalue weighted by Gasteiger charge is 2.24. The fourth-order valence-corrected chi connectivity index (χ4v) is 2.55. The van der Waals surface area contributed by atoms with Gasteiger partial charge in [0.25, 0.3) is 0 Å². The van der Waals surface area contributed by atoms with Crippen molar-refractivity contribution in [1.29, 1.82) is 0 Å². The summed E-state index contributed by atoms with van der Waals surface area (Å²) in [5.74, 6) is 0. The third kappa shape index (κ3) is 1.46. The topological polar surface area (TPSA) is 12.9 Å². The standard InChI is InChI=1S/C11H13NS/c1-8-4-5-9-7-12-13-10(9)11(2,3)6-8/h4-7H,1-3H3. The molecule has 0 fully saturated rings. The van der Waals surface area contributed by atoms with E-state index in [-0.39, 0.29) is 5.41 Å². The molecule has 1 aliphatic rings. The summed E-state index contributed by atoms with van der Waals surface area (Å²) in [5, 5.41) is 0. The zero-order valence-electron chi connectivity index (χ0n) is 8.16. The molecule has 1 nitrogen and oxygen atoms in total. The van der Waals surface area contributed by atoms with Crippen LogP contribution in [0, 0.1) is 0 Å². The van der Waals surface area contributed by atoms with E-state index in [2.05, 4.69) is 43.4 Å². The highest BCUT2D eigenvalue weighted by molar-refractivity contribution is 7.06. The van der Waals surface area contributed by atoms with E-state index in [0.29, 0.717) is 0 Å². The molecule has 1 aromatic rings. The summed E-state index contributed by atoms with van der Waals surface area (Å²) in [6.07, 6.45) is 8.56. The molecule has 0 N–H and O–H groups in total. The zero-order chi connectivity index (χ0) is 9.47. The van der Waals surface area contributed by atoms with E-state index in [9.17, 15) is 0 Å². The van der Waals surface area contributed by atoms with Gasteiger partial charge in [-0.05, 0) is 18.5 Å². The van der Waals surface area contributed by atoms with Crippen LogP contribution in [0.2, 0.25) is 0 Å². The predicted molar refractivity (Wildman–Crippen MR) is 57.9 cm³/mol. The lowest BCUT2D eigenvalue weighted by Gasteiger charge is -2.18. The first-order valence-corrected chi connectivity index (χ1v) is 5.20. The van der Waals surface area contributed by atoms with Crippen molar-refractivity contribution in [2.45, 2.75) is 26.2 Å². The number of nitrogens with zero attached hydrogens (tertiary/aromatic N) is 1. The largest absolute Gasteiger partial charge is 0.200 e. The average Bonchev–Trinajstić information content (AvgIpc) is 2.44. The molecule has 0 spiro atoms. The Morgan fingerprint density at radius 3 is 2.85 bits per heavy atom. The average molecular weight is 191 g/mol. The van der Waals surface area contributed by atoms with E-state index in [1.54, 1.807) is 11.5 Å². The first-order valence-electron chi connectivity index (χ1n) is 4.42. The van der Waals surface area contributed by atoms with Crippen LogP contribution in [-0.4, -0.2) is 4.37 Å². The van der Waals surface area contributed by atoms with Gasteiger partial charge in [-0.1, -0.05) is 37.6 Å². The van der Waals surface area contributed by atoms with Crippen molar-refractivity contribution in [3.05, 3.63) is 34.4 Å². The molecular weight excluding hydrogens is 178 g/mol. The highest BCUT2D eigenvalue weighted by Crippen LogP contribution is 2.35. The second-order valence-electron chi connectivity index (χ2n) is 4.05. The van der Waals surface area contributed by atoms with Crippen LogP contribution in [-0.2, 0) is 5.41 Å². The van der Waals surface area contributed by atoms with Crippen LogP contribution in [0.1, 0.15) is 31.2 Å². The maximum Gasteiger partial charge on any atom is 0.0482 e. The van der Waals surface area contributed by atoms with Crippen molar-refractivity contribution in [3.63, 3.8) is 0 Å². The molecule has 0 aromatic carbocycles. The van der Waals surface area contributed by atoms with E-state index >= 15 is 0 Å². The molecule has 2 rings (SSSR count). The molecule has 0 saturated heterocycles. The van der Waals surface area contributed by atoms with E-state index in [0.717, 1.165) is 0 Å². The normalized spacial score (nSPS) is 19.2. The van der Waals surface area contributed by atoms with Crippen LogP contribution in [0.4, 0.5) is 0 Å². The van der Waals surface area contributed by atoms with Gasteiger partial charge in [-0.2, -0.15) is 0 Å². The van der Waals surface area contributed by atoms with Crippen molar-refractivity contribution in [1.82, 2.24) is 4.37 Å². The maximum atomic E-state index is 4.23. The van der Waals surface area contributed by atoms with Gasteiger partial charge in [-0.25, -0.2) is 4.37 Å². The fraction of sp³-hybridized carbons (Fsp3) is 0.364. The van der Waals surface area contributed by atoms with Crippen molar-refractivity contribution >= 4 is 17.6 Å². The molecule has 1 aromatic heterocycles. The van der Waals surface area contributed by atoms with E-state index in [4.69, 9.17) is 0 Å². The van der Waals surface area contributed by atoms with Crippen LogP contribution in [0.25, 0.3) is 6.08 Å². The molecule has 0 unspecified atom stereocenters. The fourth-order valence-electron chi connectivity index (χ4n) is 1.76. The third-order valence-electron chi connectivity index (χ3n) is 2.30. The van der Waals surface area contributed by atoms with E-state index < -0.39 is 0 Å². The highest BCUT2D eigenvalue weighted by atomic mass is 32.1. The van der Waals surface area contributed by atoms with E-state index in [1.807, 2.05) is 6.20 Å². The molecule has 0 radical (unpaired) electrons. The minimum Gasteiger partial charge on any atom is -0.200 e.